The summed E-state index contributed by atoms with van der Waals surface area (Å²) in [5, 5.41) is 0.220. The van der Waals surface area contributed by atoms with Gasteiger partial charge in [-0.25, -0.2) is 9.37 Å². The summed E-state index contributed by atoms with van der Waals surface area (Å²) in [6.07, 6.45) is 0. The fourth-order valence-electron chi connectivity index (χ4n) is 0.906. The quantitative estimate of drug-likeness (QED) is 0.610. The Morgan fingerprint density at radius 2 is 2.21 bits per heavy atom. The minimum Gasteiger partial charge on any atom is -0.495 e. The Bertz CT molecular complexity index is 395. The summed E-state index contributed by atoms with van der Waals surface area (Å²) < 4.78 is 18.3. The third-order valence-electron chi connectivity index (χ3n) is 1.77. The van der Waals surface area contributed by atoms with Crippen LogP contribution in [0.1, 0.15) is 11.3 Å². The summed E-state index contributed by atoms with van der Waals surface area (Å²) in [5.74, 6) is -0.165. The number of nitrogens with zero attached hydrogens (tertiary/aromatic N) is 1. The number of methoxy groups -OCH3 is 1. The van der Waals surface area contributed by atoms with Crippen molar-refractivity contribution in [2.45, 2.75) is 6.92 Å². The van der Waals surface area contributed by atoms with Gasteiger partial charge in [-0.15, -0.1) is 0 Å². The summed E-state index contributed by atoms with van der Waals surface area (Å²) in [4.78, 5) is 3.89. The SMILES string of the molecule is C=C(OC)c1nc(Br)c(F)c(C)c1Cl. The van der Waals surface area contributed by atoms with Gasteiger partial charge in [0.15, 0.2) is 5.82 Å². The van der Waals surface area contributed by atoms with Gasteiger partial charge in [0.2, 0.25) is 0 Å². The summed E-state index contributed by atoms with van der Waals surface area (Å²) in [6.45, 7) is 5.17. The van der Waals surface area contributed by atoms with Gasteiger partial charge in [0.25, 0.3) is 0 Å². The molecule has 1 heterocycles. The Hall–Kier alpha value is -0.610. The first-order chi connectivity index (χ1) is 6.49. The van der Waals surface area contributed by atoms with Crippen LogP contribution < -0.4 is 0 Å². The van der Waals surface area contributed by atoms with E-state index in [9.17, 15) is 4.39 Å². The first-order valence-corrected chi connectivity index (χ1v) is 4.90. The molecule has 0 saturated carbocycles. The molecule has 0 radical (unpaired) electrons. The number of hydrogen-bond acceptors (Lipinski definition) is 2. The highest BCUT2D eigenvalue weighted by Gasteiger charge is 2.16. The first kappa shape index (κ1) is 11.5. The molecule has 1 rings (SSSR count). The zero-order valence-corrected chi connectivity index (χ0v) is 10.0. The summed E-state index contributed by atoms with van der Waals surface area (Å²) >= 11 is 8.87. The second-order valence-electron chi connectivity index (χ2n) is 2.63. The van der Waals surface area contributed by atoms with Gasteiger partial charge in [-0.3, -0.25) is 0 Å². The lowest BCUT2D eigenvalue weighted by Crippen LogP contribution is -1.98. The van der Waals surface area contributed by atoms with E-state index in [0.29, 0.717) is 17.0 Å². The van der Waals surface area contributed by atoms with Gasteiger partial charge < -0.3 is 4.74 Å². The van der Waals surface area contributed by atoms with Crippen molar-refractivity contribution in [3.63, 3.8) is 0 Å². The second-order valence-corrected chi connectivity index (χ2v) is 3.76. The minimum absolute atomic E-state index is 0.104. The molecule has 0 aliphatic carbocycles. The van der Waals surface area contributed by atoms with Crippen LogP contribution in [0.5, 0.6) is 0 Å². The fourth-order valence-corrected chi connectivity index (χ4v) is 1.61. The van der Waals surface area contributed by atoms with E-state index in [1.807, 2.05) is 0 Å². The molecule has 5 heteroatoms. The second kappa shape index (κ2) is 4.28. The molecule has 0 saturated heterocycles. The third kappa shape index (κ3) is 1.91. The van der Waals surface area contributed by atoms with E-state index in [1.165, 1.54) is 7.11 Å². The summed E-state index contributed by atoms with van der Waals surface area (Å²) in [6, 6.07) is 0. The molecular weight excluding hydrogens is 272 g/mol. The number of aromatic nitrogens is 1. The number of rotatable bonds is 2. The van der Waals surface area contributed by atoms with Crippen LogP contribution in [0, 0.1) is 12.7 Å². The van der Waals surface area contributed by atoms with Crippen molar-refractivity contribution < 1.29 is 9.13 Å². The van der Waals surface area contributed by atoms with Gasteiger partial charge in [-0.1, -0.05) is 18.2 Å². The zero-order chi connectivity index (χ0) is 10.9. The van der Waals surface area contributed by atoms with Crippen LogP contribution in [0.4, 0.5) is 4.39 Å². The summed E-state index contributed by atoms with van der Waals surface area (Å²) in [5.41, 5.74) is 0.668. The van der Waals surface area contributed by atoms with Crippen LogP contribution in [-0.2, 0) is 4.74 Å². The standard InChI is InChI=1S/C9H8BrClFNO/c1-4-6(11)8(5(2)14-3)13-9(10)7(4)12/h2H2,1,3H3. The number of ether oxygens (including phenoxy) is 1. The molecule has 0 amide bonds. The van der Waals surface area contributed by atoms with E-state index < -0.39 is 5.82 Å². The molecule has 0 aromatic carbocycles. The van der Waals surface area contributed by atoms with Crippen molar-refractivity contribution in [2.75, 3.05) is 7.11 Å². The Labute approximate surface area is 94.9 Å². The van der Waals surface area contributed by atoms with E-state index in [0.717, 1.165) is 0 Å². The Morgan fingerprint density at radius 1 is 1.64 bits per heavy atom. The Morgan fingerprint density at radius 3 is 2.71 bits per heavy atom. The molecule has 0 N–H and O–H groups in total. The topological polar surface area (TPSA) is 22.1 Å². The third-order valence-corrected chi connectivity index (χ3v) is 2.76. The first-order valence-electron chi connectivity index (χ1n) is 3.73. The highest BCUT2D eigenvalue weighted by Crippen LogP contribution is 2.29. The van der Waals surface area contributed by atoms with Crippen LogP contribution in [0.2, 0.25) is 5.02 Å². The molecule has 14 heavy (non-hydrogen) atoms. The Kier molecular flexibility index (Phi) is 3.50. The van der Waals surface area contributed by atoms with Crippen molar-refractivity contribution in [1.29, 1.82) is 0 Å². The molecule has 76 valence electrons. The largest absolute Gasteiger partial charge is 0.495 e. The van der Waals surface area contributed by atoms with E-state index in [1.54, 1.807) is 6.92 Å². The monoisotopic (exact) mass is 279 g/mol. The van der Waals surface area contributed by atoms with Crippen molar-refractivity contribution in [3.8, 4) is 0 Å². The van der Waals surface area contributed by atoms with Crippen molar-refractivity contribution in [1.82, 2.24) is 4.98 Å². The molecular formula is C9H8BrClFNO. The lowest BCUT2D eigenvalue weighted by Gasteiger charge is -2.09. The predicted molar refractivity (Wildman–Crippen MR) is 57.7 cm³/mol. The average Bonchev–Trinajstić information content (AvgIpc) is 2.19. The predicted octanol–water partition coefficient (Wildman–Crippen LogP) is 3.56. The van der Waals surface area contributed by atoms with Gasteiger partial charge >= 0.3 is 0 Å². The molecule has 0 bridgehead atoms. The maximum Gasteiger partial charge on any atom is 0.160 e. The Balaban J connectivity index is 3.40. The van der Waals surface area contributed by atoms with Crippen molar-refractivity contribution in [2.24, 2.45) is 0 Å². The van der Waals surface area contributed by atoms with Crippen LogP contribution in [0.15, 0.2) is 11.2 Å². The maximum absolute atomic E-state index is 13.3. The molecule has 0 unspecified atom stereocenters. The van der Waals surface area contributed by atoms with Crippen molar-refractivity contribution in [3.05, 3.63) is 33.3 Å². The smallest absolute Gasteiger partial charge is 0.160 e. The van der Waals surface area contributed by atoms with Crippen LogP contribution in [0.25, 0.3) is 5.76 Å². The van der Waals surface area contributed by atoms with E-state index in [4.69, 9.17) is 16.3 Å². The molecule has 0 atom stereocenters. The molecule has 0 fully saturated rings. The van der Waals surface area contributed by atoms with Crippen LogP contribution >= 0.6 is 27.5 Å². The van der Waals surface area contributed by atoms with Crippen molar-refractivity contribution >= 4 is 33.3 Å². The highest BCUT2D eigenvalue weighted by atomic mass is 79.9. The molecule has 1 aromatic rings. The number of hydrogen-bond donors (Lipinski definition) is 0. The van der Waals surface area contributed by atoms with E-state index >= 15 is 0 Å². The molecule has 0 spiro atoms. The fraction of sp³-hybridized carbons (Fsp3) is 0.222. The molecule has 1 aromatic heterocycles. The molecule has 0 aliphatic rings. The number of halogens is 3. The van der Waals surface area contributed by atoms with Crippen LogP contribution in [0.3, 0.4) is 0 Å². The van der Waals surface area contributed by atoms with Gasteiger partial charge in [0.05, 0.1) is 12.1 Å². The number of pyridine rings is 1. The van der Waals surface area contributed by atoms with E-state index in [-0.39, 0.29) is 9.63 Å². The zero-order valence-electron chi connectivity index (χ0n) is 7.70. The molecule has 0 aliphatic heterocycles. The van der Waals surface area contributed by atoms with Gasteiger partial charge in [0.1, 0.15) is 16.1 Å². The van der Waals surface area contributed by atoms with Gasteiger partial charge in [0, 0.05) is 5.56 Å². The summed E-state index contributed by atoms with van der Waals surface area (Å²) in [7, 11) is 1.45. The normalized spacial score (nSPS) is 10.1. The molecule has 2 nitrogen and oxygen atoms in total. The van der Waals surface area contributed by atoms with E-state index in [2.05, 4.69) is 27.5 Å². The average molecular weight is 281 g/mol. The minimum atomic E-state index is -0.470. The lowest BCUT2D eigenvalue weighted by atomic mass is 10.2. The maximum atomic E-state index is 13.3. The highest BCUT2D eigenvalue weighted by molar-refractivity contribution is 9.10. The van der Waals surface area contributed by atoms with Gasteiger partial charge in [-0.05, 0) is 22.9 Å². The lowest BCUT2D eigenvalue weighted by molar-refractivity contribution is 0.369. The van der Waals surface area contributed by atoms with Gasteiger partial charge in [-0.2, -0.15) is 0 Å². The van der Waals surface area contributed by atoms with Crippen LogP contribution in [-0.4, -0.2) is 12.1 Å².